The summed E-state index contributed by atoms with van der Waals surface area (Å²) >= 11 is 0. The molecule has 0 aromatic carbocycles. The number of aromatic nitrogens is 3. The molecule has 0 atom stereocenters. The highest BCUT2D eigenvalue weighted by Gasteiger charge is 1.98. The topological polar surface area (TPSA) is 116 Å². The molecule has 0 unspecified atom stereocenters. The first-order valence-corrected chi connectivity index (χ1v) is 4.27. The van der Waals surface area contributed by atoms with Gasteiger partial charge in [-0.15, -0.1) is 5.10 Å². The van der Waals surface area contributed by atoms with E-state index in [1.807, 2.05) is 4.98 Å². The molecular formula is C8H7N5O3. The number of aromatic amines is 2. The van der Waals surface area contributed by atoms with Gasteiger partial charge in [-0.3, -0.25) is 15.2 Å². The number of nitrogens with zero attached hydrogens (tertiary/aromatic N) is 2. The molecule has 3 N–H and O–H groups in total. The molecule has 0 aliphatic rings. The second kappa shape index (κ2) is 4.26. The van der Waals surface area contributed by atoms with Crippen molar-refractivity contribution < 1.29 is 4.42 Å². The maximum atomic E-state index is 11.1. The summed E-state index contributed by atoms with van der Waals surface area (Å²) in [5.74, 6) is 0.413. The van der Waals surface area contributed by atoms with Crippen molar-refractivity contribution in [2.45, 2.75) is 0 Å². The van der Waals surface area contributed by atoms with E-state index in [4.69, 9.17) is 4.42 Å². The number of furan rings is 1. The number of rotatable bonds is 3. The zero-order valence-corrected chi connectivity index (χ0v) is 7.93. The first kappa shape index (κ1) is 9.90. The first-order chi connectivity index (χ1) is 7.75. The van der Waals surface area contributed by atoms with Crippen LogP contribution in [0.4, 0.5) is 5.82 Å². The minimum Gasteiger partial charge on any atom is -0.463 e. The fourth-order valence-corrected chi connectivity index (χ4v) is 0.945. The van der Waals surface area contributed by atoms with Crippen LogP contribution in [0.1, 0.15) is 5.76 Å². The molecule has 0 saturated heterocycles. The van der Waals surface area contributed by atoms with Crippen molar-refractivity contribution in [3.05, 3.63) is 45.0 Å². The normalized spacial score (nSPS) is 10.8. The van der Waals surface area contributed by atoms with Gasteiger partial charge in [0.25, 0.3) is 5.56 Å². The molecule has 8 heteroatoms. The molecule has 0 aliphatic heterocycles. The largest absolute Gasteiger partial charge is 0.463 e. The van der Waals surface area contributed by atoms with Crippen LogP contribution in [0, 0.1) is 0 Å². The highest BCUT2D eigenvalue weighted by atomic mass is 16.3. The Bertz CT molecular complexity index is 595. The molecule has 0 fully saturated rings. The van der Waals surface area contributed by atoms with Crippen molar-refractivity contribution in [1.82, 2.24) is 15.2 Å². The second-order valence-electron chi connectivity index (χ2n) is 2.74. The van der Waals surface area contributed by atoms with Crippen LogP contribution in [-0.4, -0.2) is 21.4 Å². The molecule has 0 aliphatic carbocycles. The summed E-state index contributed by atoms with van der Waals surface area (Å²) in [5, 5.41) is 9.22. The van der Waals surface area contributed by atoms with Gasteiger partial charge in [-0.1, -0.05) is 0 Å². The summed E-state index contributed by atoms with van der Waals surface area (Å²) in [4.78, 5) is 23.8. The van der Waals surface area contributed by atoms with Crippen molar-refractivity contribution in [3.8, 4) is 0 Å². The monoisotopic (exact) mass is 221 g/mol. The Morgan fingerprint density at radius 1 is 1.50 bits per heavy atom. The van der Waals surface area contributed by atoms with Crippen LogP contribution in [0.25, 0.3) is 0 Å². The third-order valence-electron chi connectivity index (χ3n) is 1.62. The lowest BCUT2D eigenvalue weighted by Crippen LogP contribution is -2.25. The molecule has 0 saturated carbocycles. The Morgan fingerprint density at radius 3 is 3.06 bits per heavy atom. The number of hydrazone groups is 1. The molecule has 0 bridgehead atoms. The maximum Gasteiger partial charge on any atom is 0.342 e. The van der Waals surface area contributed by atoms with Crippen molar-refractivity contribution in [3.63, 3.8) is 0 Å². The van der Waals surface area contributed by atoms with Gasteiger partial charge in [-0.25, -0.2) is 9.89 Å². The van der Waals surface area contributed by atoms with E-state index in [1.165, 1.54) is 12.5 Å². The first-order valence-electron chi connectivity index (χ1n) is 4.27. The van der Waals surface area contributed by atoms with E-state index in [0.717, 1.165) is 0 Å². The van der Waals surface area contributed by atoms with Crippen LogP contribution >= 0.6 is 0 Å². The van der Waals surface area contributed by atoms with Crippen LogP contribution in [0.2, 0.25) is 0 Å². The Labute approximate surface area is 88.0 Å². The van der Waals surface area contributed by atoms with Gasteiger partial charge in [0, 0.05) is 0 Å². The number of H-pyrrole nitrogens is 2. The van der Waals surface area contributed by atoms with E-state index >= 15 is 0 Å². The fourth-order valence-electron chi connectivity index (χ4n) is 0.945. The minimum atomic E-state index is -0.675. The van der Waals surface area contributed by atoms with E-state index < -0.39 is 11.2 Å². The third kappa shape index (κ3) is 2.23. The summed E-state index contributed by atoms with van der Waals surface area (Å²) in [7, 11) is 0. The average molecular weight is 221 g/mol. The van der Waals surface area contributed by atoms with E-state index in [2.05, 4.69) is 20.7 Å². The SMILES string of the molecule is O=c1[nH]nc(NN=Cc2ccco2)c(=O)[nH]1. The van der Waals surface area contributed by atoms with Gasteiger partial charge >= 0.3 is 5.69 Å². The summed E-state index contributed by atoms with van der Waals surface area (Å²) in [6.07, 6.45) is 2.86. The van der Waals surface area contributed by atoms with E-state index in [1.54, 1.807) is 12.1 Å². The lowest BCUT2D eigenvalue weighted by molar-refractivity contribution is 0.560. The summed E-state index contributed by atoms with van der Waals surface area (Å²) in [6.45, 7) is 0. The second-order valence-corrected chi connectivity index (χ2v) is 2.74. The molecule has 8 nitrogen and oxygen atoms in total. The molecule has 0 radical (unpaired) electrons. The Balaban J connectivity index is 2.11. The zero-order valence-electron chi connectivity index (χ0n) is 7.93. The molecule has 2 aromatic heterocycles. The summed E-state index contributed by atoms with van der Waals surface area (Å²) in [5.41, 5.74) is 1.04. The van der Waals surface area contributed by atoms with Gasteiger partial charge in [0.15, 0.2) is 0 Å². The van der Waals surface area contributed by atoms with Crippen molar-refractivity contribution >= 4 is 12.0 Å². The van der Waals surface area contributed by atoms with Crippen LogP contribution in [-0.2, 0) is 0 Å². The summed E-state index contributed by atoms with van der Waals surface area (Å²) in [6, 6.07) is 3.39. The molecule has 2 rings (SSSR count). The maximum absolute atomic E-state index is 11.1. The molecule has 82 valence electrons. The predicted octanol–water partition coefficient (Wildman–Crippen LogP) is -0.503. The number of anilines is 1. The van der Waals surface area contributed by atoms with Gasteiger partial charge in [0.2, 0.25) is 5.82 Å². The molecular weight excluding hydrogens is 214 g/mol. The standard InChI is InChI=1S/C8H7N5O3/c14-7-6(12-13-8(15)10-7)11-9-4-5-2-1-3-16-5/h1-4H,(H,11,12)(H2,10,13,14,15). The Morgan fingerprint density at radius 2 is 2.38 bits per heavy atom. The molecule has 16 heavy (non-hydrogen) atoms. The molecule has 2 heterocycles. The van der Waals surface area contributed by atoms with E-state index in [-0.39, 0.29) is 5.82 Å². The minimum absolute atomic E-state index is 0.109. The highest BCUT2D eigenvalue weighted by Crippen LogP contribution is 1.95. The van der Waals surface area contributed by atoms with Crippen LogP contribution in [0.5, 0.6) is 0 Å². The lowest BCUT2D eigenvalue weighted by Gasteiger charge is -1.94. The van der Waals surface area contributed by atoms with Gasteiger partial charge < -0.3 is 4.42 Å². The van der Waals surface area contributed by atoms with E-state index in [0.29, 0.717) is 5.76 Å². The van der Waals surface area contributed by atoms with Crippen LogP contribution in [0.3, 0.4) is 0 Å². The molecule has 2 aromatic rings. The summed E-state index contributed by atoms with van der Waals surface area (Å²) < 4.78 is 4.97. The predicted molar refractivity (Wildman–Crippen MR) is 55.4 cm³/mol. The quantitative estimate of drug-likeness (QED) is 0.477. The zero-order chi connectivity index (χ0) is 11.4. The van der Waals surface area contributed by atoms with Crippen LogP contribution in [0.15, 0.2) is 37.5 Å². The molecule has 0 amide bonds. The number of hydrogen-bond acceptors (Lipinski definition) is 6. The average Bonchev–Trinajstić information content (AvgIpc) is 2.74. The van der Waals surface area contributed by atoms with Gasteiger partial charge in [-0.2, -0.15) is 5.10 Å². The van der Waals surface area contributed by atoms with Crippen molar-refractivity contribution in [2.75, 3.05) is 5.43 Å². The fraction of sp³-hybridized carbons (Fsp3) is 0. The van der Waals surface area contributed by atoms with Crippen molar-refractivity contribution in [2.24, 2.45) is 5.10 Å². The number of nitrogens with one attached hydrogen (secondary N) is 3. The van der Waals surface area contributed by atoms with E-state index in [9.17, 15) is 9.59 Å². The van der Waals surface area contributed by atoms with Crippen molar-refractivity contribution in [1.29, 1.82) is 0 Å². The van der Waals surface area contributed by atoms with Gasteiger partial charge in [0.05, 0.1) is 12.5 Å². The van der Waals surface area contributed by atoms with Gasteiger partial charge in [0.1, 0.15) is 5.76 Å². The van der Waals surface area contributed by atoms with Gasteiger partial charge in [-0.05, 0) is 12.1 Å². The smallest absolute Gasteiger partial charge is 0.342 e. The Kier molecular flexibility index (Phi) is 2.63. The highest BCUT2D eigenvalue weighted by molar-refractivity contribution is 5.76. The number of hydrogen-bond donors (Lipinski definition) is 3. The lowest BCUT2D eigenvalue weighted by atomic mass is 10.5. The Hall–Kier alpha value is -2.64. The third-order valence-corrected chi connectivity index (χ3v) is 1.62. The van der Waals surface area contributed by atoms with Crippen LogP contribution < -0.4 is 16.7 Å². The molecule has 0 spiro atoms.